The zero-order chi connectivity index (χ0) is 27.1. The maximum atomic E-state index is 15.7. The summed E-state index contributed by atoms with van der Waals surface area (Å²) in [7, 11) is 3.03. The third kappa shape index (κ3) is 3.17. The standard InChI is InChI=1S/C24H25FN4O8/c1-29(2)17-10-4-7-3-8-13(19(32)16-9(15(8)25)5-27-6-11(30)28-16)18(31)12(7)21(34)24(10,37)22(35)14(20(17)33)23(26)36/h7,10,17,27,32-34,37H,3-6H2,1-2H3,(H2,26,36)(H,28,30)/t7-,10-,17-,24-/m0/s1. The summed E-state index contributed by atoms with van der Waals surface area (Å²) in [6.07, 6.45) is -0.340. The molecule has 1 aromatic rings. The fourth-order valence-corrected chi connectivity index (χ4v) is 6.18. The Bertz CT molecular complexity index is 1380. The summed E-state index contributed by atoms with van der Waals surface area (Å²) in [5.74, 6) is -9.64. The van der Waals surface area contributed by atoms with Crippen LogP contribution in [0.3, 0.4) is 0 Å². The molecule has 0 aromatic heterocycles. The minimum absolute atomic E-state index is 0.0374. The number of nitrogens with one attached hydrogen (secondary N) is 2. The molecule has 0 fully saturated rings. The molecule has 0 radical (unpaired) electrons. The van der Waals surface area contributed by atoms with Gasteiger partial charge in [0.25, 0.3) is 5.91 Å². The van der Waals surface area contributed by atoms with Crippen LogP contribution in [0.25, 0.3) is 0 Å². The Kier molecular flexibility index (Phi) is 5.44. The van der Waals surface area contributed by atoms with Crippen LogP contribution in [0, 0.1) is 17.7 Å². The van der Waals surface area contributed by atoms with Gasteiger partial charge in [0.1, 0.15) is 22.9 Å². The van der Waals surface area contributed by atoms with Crippen LogP contribution in [0.1, 0.15) is 27.9 Å². The molecule has 37 heavy (non-hydrogen) atoms. The molecule has 3 aliphatic carbocycles. The van der Waals surface area contributed by atoms with E-state index in [4.69, 9.17) is 5.73 Å². The molecule has 12 nitrogen and oxygen atoms in total. The molecule has 1 aromatic carbocycles. The van der Waals surface area contributed by atoms with Gasteiger partial charge in [-0.1, -0.05) is 0 Å². The number of nitrogens with zero attached hydrogens (tertiary/aromatic N) is 1. The van der Waals surface area contributed by atoms with Gasteiger partial charge in [-0.25, -0.2) is 4.39 Å². The molecule has 0 spiro atoms. The van der Waals surface area contributed by atoms with Crippen molar-refractivity contribution in [2.45, 2.75) is 31.0 Å². The van der Waals surface area contributed by atoms with Crippen molar-refractivity contribution in [3.63, 3.8) is 0 Å². The highest BCUT2D eigenvalue weighted by molar-refractivity contribution is 6.25. The summed E-state index contributed by atoms with van der Waals surface area (Å²) in [5, 5.41) is 49.6. The van der Waals surface area contributed by atoms with Gasteiger partial charge in [-0.15, -0.1) is 0 Å². The van der Waals surface area contributed by atoms with Gasteiger partial charge in [0.2, 0.25) is 11.7 Å². The summed E-state index contributed by atoms with van der Waals surface area (Å²) >= 11 is 0. The molecule has 13 heteroatoms. The van der Waals surface area contributed by atoms with Crippen molar-refractivity contribution in [3.05, 3.63) is 45.2 Å². The Morgan fingerprint density at radius 3 is 2.43 bits per heavy atom. The number of anilines is 1. The largest absolute Gasteiger partial charge is 0.510 e. The van der Waals surface area contributed by atoms with E-state index in [1.54, 1.807) is 0 Å². The second-order valence-electron chi connectivity index (χ2n) is 9.98. The number of amides is 2. The van der Waals surface area contributed by atoms with Crippen LogP contribution in [0.4, 0.5) is 10.1 Å². The zero-order valence-corrected chi connectivity index (χ0v) is 19.9. The van der Waals surface area contributed by atoms with E-state index in [1.165, 1.54) is 19.0 Å². The predicted octanol–water partition coefficient (Wildman–Crippen LogP) is -0.699. The monoisotopic (exact) mass is 516 g/mol. The highest BCUT2D eigenvalue weighted by Gasteiger charge is 2.63. The second kappa shape index (κ2) is 8.10. The van der Waals surface area contributed by atoms with Crippen molar-refractivity contribution >= 4 is 29.1 Å². The third-order valence-electron chi connectivity index (χ3n) is 7.77. The van der Waals surface area contributed by atoms with Crippen LogP contribution >= 0.6 is 0 Å². The maximum Gasteiger partial charge on any atom is 0.255 e. The molecule has 5 rings (SSSR count). The molecule has 2 amide bonds. The normalized spacial score (nSPS) is 29.3. The maximum absolute atomic E-state index is 15.7. The summed E-state index contributed by atoms with van der Waals surface area (Å²) < 4.78 is 15.7. The number of halogens is 1. The van der Waals surface area contributed by atoms with Gasteiger partial charge < -0.3 is 36.8 Å². The van der Waals surface area contributed by atoms with E-state index < -0.39 is 86.7 Å². The zero-order valence-electron chi connectivity index (χ0n) is 19.9. The van der Waals surface area contributed by atoms with Gasteiger partial charge in [-0.3, -0.25) is 24.1 Å². The number of aliphatic hydroxyl groups is 3. The van der Waals surface area contributed by atoms with E-state index in [2.05, 4.69) is 10.6 Å². The quantitative estimate of drug-likeness (QED) is 0.195. The van der Waals surface area contributed by atoms with Crippen molar-refractivity contribution in [1.82, 2.24) is 10.2 Å². The second-order valence-corrected chi connectivity index (χ2v) is 9.98. The number of benzene rings is 1. The molecule has 0 bridgehead atoms. The number of rotatable bonds is 2. The molecule has 4 aliphatic rings. The molecule has 196 valence electrons. The predicted molar refractivity (Wildman–Crippen MR) is 124 cm³/mol. The molecule has 0 saturated carbocycles. The number of carbonyl (C=O) groups is 4. The van der Waals surface area contributed by atoms with Gasteiger partial charge in [0.05, 0.1) is 23.8 Å². The number of primary amides is 1. The first kappa shape index (κ1) is 24.9. The van der Waals surface area contributed by atoms with Gasteiger partial charge in [0, 0.05) is 29.2 Å². The van der Waals surface area contributed by atoms with Gasteiger partial charge in [0.15, 0.2) is 17.1 Å². The van der Waals surface area contributed by atoms with Crippen LogP contribution in [-0.4, -0.2) is 81.0 Å². The Hall–Kier alpha value is -3.81. The van der Waals surface area contributed by atoms with Crippen molar-refractivity contribution in [1.29, 1.82) is 0 Å². The van der Waals surface area contributed by atoms with E-state index in [0.717, 1.165) is 0 Å². The van der Waals surface area contributed by atoms with Gasteiger partial charge >= 0.3 is 0 Å². The Morgan fingerprint density at radius 2 is 1.81 bits per heavy atom. The fourth-order valence-electron chi connectivity index (χ4n) is 6.18. The summed E-state index contributed by atoms with van der Waals surface area (Å²) in [6, 6.07) is -1.14. The number of carbonyl (C=O) groups excluding carboxylic acids is 4. The Balaban J connectivity index is 1.74. The van der Waals surface area contributed by atoms with Crippen LogP contribution < -0.4 is 16.4 Å². The smallest absolute Gasteiger partial charge is 0.255 e. The summed E-state index contributed by atoms with van der Waals surface area (Å²) in [4.78, 5) is 52.4. The Morgan fingerprint density at radius 1 is 1.14 bits per heavy atom. The minimum atomic E-state index is -2.79. The number of Topliss-reactive ketones (excluding diaryl/α,β-unsaturated/α-hetero) is 2. The van der Waals surface area contributed by atoms with Crippen LogP contribution in [-0.2, 0) is 27.3 Å². The number of allylic oxidation sites excluding steroid dienone is 1. The lowest BCUT2D eigenvalue weighted by Gasteiger charge is -2.50. The molecule has 4 atom stereocenters. The first-order valence-corrected chi connectivity index (χ1v) is 11.5. The number of likely N-dealkylation sites (N-methyl/N-ethyl adjacent to an activating group) is 1. The van der Waals surface area contributed by atoms with Crippen molar-refractivity contribution in [3.8, 4) is 5.75 Å². The van der Waals surface area contributed by atoms with E-state index in [-0.39, 0.29) is 42.7 Å². The van der Waals surface area contributed by atoms with Crippen molar-refractivity contribution < 1.29 is 44.0 Å². The highest BCUT2D eigenvalue weighted by atomic mass is 19.1. The number of fused-ring (bicyclic) bond motifs is 4. The van der Waals surface area contributed by atoms with E-state index >= 15 is 4.39 Å². The van der Waals surface area contributed by atoms with E-state index in [1.807, 2.05) is 0 Å². The topological polar surface area (TPSA) is 203 Å². The molecule has 1 aliphatic heterocycles. The molecule has 0 saturated heterocycles. The number of nitrogens with two attached hydrogens (primary N) is 1. The summed E-state index contributed by atoms with van der Waals surface area (Å²) in [6.45, 7) is -0.246. The third-order valence-corrected chi connectivity index (χ3v) is 7.77. The number of hydrogen-bond acceptors (Lipinski definition) is 10. The van der Waals surface area contributed by atoms with Crippen LogP contribution in [0.2, 0.25) is 0 Å². The first-order chi connectivity index (χ1) is 17.3. The molecular formula is C24H25FN4O8. The number of aromatic hydroxyl groups is 1. The lowest BCUT2D eigenvalue weighted by molar-refractivity contribution is -0.148. The first-order valence-electron chi connectivity index (χ1n) is 11.5. The van der Waals surface area contributed by atoms with E-state index in [0.29, 0.717) is 0 Å². The average Bonchev–Trinajstić information content (AvgIpc) is 3.01. The molecular weight excluding hydrogens is 491 g/mol. The number of phenols is 1. The Labute approximate surface area is 209 Å². The number of hydrogen-bond donors (Lipinski definition) is 7. The van der Waals surface area contributed by atoms with Crippen molar-refractivity contribution in [2.24, 2.45) is 17.6 Å². The fraction of sp³-hybridized carbons (Fsp3) is 0.417. The van der Waals surface area contributed by atoms with Gasteiger partial charge in [-0.05, 0) is 32.9 Å². The molecule has 1 heterocycles. The number of phenolic OH excluding ortho intramolecular Hbond substituents is 1. The number of ketones is 2. The number of aliphatic hydroxyl groups excluding tert-OH is 2. The summed E-state index contributed by atoms with van der Waals surface area (Å²) in [5.41, 5.74) is 0.234. The lowest BCUT2D eigenvalue weighted by Crippen LogP contribution is -2.63. The van der Waals surface area contributed by atoms with Crippen molar-refractivity contribution in [2.75, 3.05) is 26.0 Å². The van der Waals surface area contributed by atoms with Crippen LogP contribution in [0.15, 0.2) is 22.7 Å². The van der Waals surface area contributed by atoms with Crippen LogP contribution in [0.5, 0.6) is 5.75 Å². The lowest BCUT2D eigenvalue weighted by atomic mass is 9.58. The molecule has 0 unspecified atom stereocenters. The average molecular weight is 516 g/mol. The van der Waals surface area contributed by atoms with Gasteiger partial charge in [-0.2, -0.15) is 0 Å². The highest BCUT2D eigenvalue weighted by Crippen LogP contribution is 2.53. The minimum Gasteiger partial charge on any atom is -0.510 e. The van der Waals surface area contributed by atoms with E-state index in [9.17, 15) is 39.6 Å². The SMILES string of the molecule is CN(C)[C@@H]1C(O)=C(C(N)=O)C(=O)[C@@]2(O)C(O)=C3C(=O)c4c(O)c5c(c(F)c4C[C@H]3C[C@@H]12)CNCC(=O)N5. The molecule has 8 N–H and O–H groups in total.